The van der Waals surface area contributed by atoms with E-state index in [4.69, 9.17) is 9.78 Å². The van der Waals surface area contributed by atoms with Gasteiger partial charge >= 0.3 is 0 Å². The minimum absolute atomic E-state index is 0.145. The van der Waals surface area contributed by atoms with Crippen LogP contribution in [0.4, 0.5) is 0 Å². The molecule has 5 nitrogen and oxygen atoms in total. The molecule has 20 heavy (non-hydrogen) atoms. The minimum Gasteiger partial charge on any atom is -0.337 e. The Morgan fingerprint density at radius 2 is 2.30 bits per heavy atom. The zero-order chi connectivity index (χ0) is 13.9. The third kappa shape index (κ3) is 2.56. The van der Waals surface area contributed by atoms with E-state index in [2.05, 4.69) is 28.5 Å². The van der Waals surface area contributed by atoms with Crippen molar-refractivity contribution >= 4 is 0 Å². The smallest absolute Gasteiger partial charge is 0.244 e. The van der Waals surface area contributed by atoms with Gasteiger partial charge in [0.2, 0.25) is 11.7 Å². The molecule has 3 rings (SSSR count). The van der Waals surface area contributed by atoms with E-state index in [0.29, 0.717) is 23.2 Å². The van der Waals surface area contributed by atoms with Gasteiger partial charge in [-0.3, -0.25) is 0 Å². The van der Waals surface area contributed by atoms with Gasteiger partial charge in [0, 0.05) is 5.56 Å². The van der Waals surface area contributed by atoms with Crippen LogP contribution in [-0.2, 0) is 0 Å². The summed E-state index contributed by atoms with van der Waals surface area (Å²) in [6.07, 6.45) is 2.18. The summed E-state index contributed by atoms with van der Waals surface area (Å²) in [7, 11) is 0. The average molecular weight is 268 g/mol. The average Bonchev–Trinajstić information content (AvgIpc) is 2.98. The lowest BCUT2D eigenvalue weighted by atomic mass is 9.96. The number of rotatable bonds is 2. The molecule has 0 amide bonds. The summed E-state index contributed by atoms with van der Waals surface area (Å²) in [5.41, 5.74) is 1.40. The molecular weight excluding hydrogens is 252 g/mol. The molecule has 2 heterocycles. The Morgan fingerprint density at radius 1 is 1.40 bits per heavy atom. The fraction of sp³-hybridized carbons (Fsp3) is 0.400. The fourth-order valence-corrected chi connectivity index (χ4v) is 2.43. The van der Waals surface area contributed by atoms with Crippen molar-refractivity contribution in [2.24, 2.45) is 5.92 Å². The second-order valence-corrected chi connectivity index (χ2v) is 5.29. The van der Waals surface area contributed by atoms with Crippen molar-refractivity contribution in [3.63, 3.8) is 0 Å². The van der Waals surface area contributed by atoms with Crippen LogP contribution in [0.3, 0.4) is 0 Å². The van der Waals surface area contributed by atoms with E-state index in [1.54, 1.807) is 12.1 Å². The molecule has 1 aromatic carbocycles. The van der Waals surface area contributed by atoms with E-state index in [1.807, 2.05) is 12.1 Å². The monoisotopic (exact) mass is 268 g/mol. The molecule has 1 saturated heterocycles. The van der Waals surface area contributed by atoms with Crippen LogP contribution in [0.15, 0.2) is 28.8 Å². The number of nitrogens with zero attached hydrogens (tertiary/aromatic N) is 3. The van der Waals surface area contributed by atoms with Gasteiger partial charge in [-0.15, -0.1) is 0 Å². The van der Waals surface area contributed by atoms with Crippen LogP contribution in [0.25, 0.3) is 11.4 Å². The maximum atomic E-state index is 8.92. The summed E-state index contributed by atoms with van der Waals surface area (Å²) in [6, 6.07) is 9.49. The lowest BCUT2D eigenvalue weighted by Gasteiger charge is -2.24. The van der Waals surface area contributed by atoms with Crippen molar-refractivity contribution in [3.8, 4) is 17.5 Å². The number of benzene rings is 1. The third-order valence-corrected chi connectivity index (χ3v) is 3.65. The van der Waals surface area contributed by atoms with Crippen LogP contribution >= 0.6 is 0 Å². The van der Waals surface area contributed by atoms with Crippen molar-refractivity contribution in [2.45, 2.75) is 25.8 Å². The highest BCUT2D eigenvalue weighted by Crippen LogP contribution is 2.26. The number of nitrogens with one attached hydrogen (secondary N) is 1. The first-order chi connectivity index (χ1) is 9.76. The second kappa shape index (κ2) is 5.43. The molecule has 0 saturated carbocycles. The Hall–Kier alpha value is -2.19. The standard InChI is InChI=1S/C15H16N4O/c1-10-5-6-13(17-9-10)15-18-14(19-20-15)12-4-2-3-11(7-12)8-16/h2-4,7,10,13,17H,5-6,9H2,1H3/t10-,13-/m0/s1. The quantitative estimate of drug-likeness (QED) is 0.906. The largest absolute Gasteiger partial charge is 0.337 e. The predicted octanol–water partition coefficient (Wildman–Crippen LogP) is 2.67. The molecule has 2 atom stereocenters. The van der Waals surface area contributed by atoms with Gasteiger partial charge in [0.15, 0.2) is 0 Å². The van der Waals surface area contributed by atoms with Crippen LogP contribution in [0.2, 0.25) is 0 Å². The molecule has 5 heteroatoms. The van der Waals surface area contributed by atoms with Crippen molar-refractivity contribution in [2.75, 3.05) is 6.54 Å². The van der Waals surface area contributed by atoms with Gasteiger partial charge in [-0.05, 0) is 37.4 Å². The molecule has 1 aromatic heterocycles. The first-order valence-electron chi connectivity index (χ1n) is 6.84. The van der Waals surface area contributed by atoms with Crippen LogP contribution < -0.4 is 5.32 Å². The molecule has 0 unspecified atom stereocenters. The van der Waals surface area contributed by atoms with Gasteiger partial charge in [-0.25, -0.2) is 0 Å². The molecule has 1 N–H and O–H groups in total. The fourth-order valence-electron chi connectivity index (χ4n) is 2.43. The second-order valence-electron chi connectivity index (χ2n) is 5.29. The summed E-state index contributed by atoms with van der Waals surface area (Å²) < 4.78 is 5.36. The number of piperidine rings is 1. The van der Waals surface area contributed by atoms with Crippen molar-refractivity contribution in [1.82, 2.24) is 15.5 Å². The van der Waals surface area contributed by atoms with E-state index >= 15 is 0 Å². The number of hydrogen-bond acceptors (Lipinski definition) is 5. The lowest BCUT2D eigenvalue weighted by molar-refractivity contribution is 0.266. The Labute approximate surface area is 117 Å². The van der Waals surface area contributed by atoms with E-state index in [0.717, 1.165) is 18.5 Å². The van der Waals surface area contributed by atoms with Crippen molar-refractivity contribution in [3.05, 3.63) is 35.7 Å². The zero-order valence-electron chi connectivity index (χ0n) is 11.3. The van der Waals surface area contributed by atoms with Crippen LogP contribution in [0.5, 0.6) is 0 Å². The summed E-state index contributed by atoms with van der Waals surface area (Å²) in [4.78, 5) is 4.45. The Kier molecular flexibility index (Phi) is 3.48. The normalized spacial score (nSPS) is 22.4. The van der Waals surface area contributed by atoms with E-state index in [-0.39, 0.29) is 6.04 Å². The van der Waals surface area contributed by atoms with Crippen LogP contribution in [0, 0.1) is 17.2 Å². The van der Waals surface area contributed by atoms with Gasteiger partial charge in [0.05, 0.1) is 17.7 Å². The van der Waals surface area contributed by atoms with Crippen molar-refractivity contribution < 1.29 is 4.52 Å². The molecule has 102 valence electrons. The molecule has 0 spiro atoms. The SMILES string of the molecule is C[C@H]1CC[C@@H](c2nc(-c3cccc(C#N)c3)no2)NC1. The molecule has 1 aliphatic rings. The highest BCUT2D eigenvalue weighted by atomic mass is 16.5. The summed E-state index contributed by atoms with van der Waals surface area (Å²) in [6.45, 7) is 3.21. The predicted molar refractivity (Wildman–Crippen MR) is 73.6 cm³/mol. The van der Waals surface area contributed by atoms with Crippen LogP contribution in [-0.4, -0.2) is 16.7 Å². The Balaban J connectivity index is 1.81. The van der Waals surface area contributed by atoms with Gasteiger partial charge in [-0.2, -0.15) is 10.2 Å². The third-order valence-electron chi connectivity index (χ3n) is 3.65. The minimum atomic E-state index is 0.145. The summed E-state index contributed by atoms with van der Waals surface area (Å²) in [5, 5.41) is 16.4. The lowest BCUT2D eigenvalue weighted by Crippen LogP contribution is -2.32. The van der Waals surface area contributed by atoms with Gasteiger partial charge in [0.1, 0.15) is 0 Å². The Bertz CT molecular complexity index is 635. The van der Waals surface area contributed by atoms with Crippen molar-refractivity contribution in [1.29, 1.82) is 5.26 Å². The highest BCUT2D eigenvalue weighted by molar-refractivity contribution is 5.57. The van der Waals surface area contributed by atoms with Gasteiger partial charge in [0.25, 0.3) is 0 Å². The molecule has 2 aromatic rings. The summed E-state index contributed by atoms with van der Waals surface area (Å²) >= 11 is 0. The molecule has 0 bridgehead atoms. The zero-order valence-corrected chi connectivity index (χ0v) is 11.3. The molecular formula is C15H16N4O. The maximum absolute atomic E-state index is 8.92. The molecule has 1 fully saturated rings. The summed E-state index contributed by atoms with van der Waals surface area (Å²) in [5.74, 6) is 1.87. The van der Waals surface area contributed by atoms with E-state index in [9.17, 15) is 0 Å². The first-order valence-corrected chi connectivity index (χ1v) is 6.84. The number of aromatic nitrogens is 2. The van der Waals surface area contributed by atoms with Crippen LogP contribution in [0.1, 0.15) is 37.3 Å². The highest BCUT2D eigenvalue weighted by Gasteiger charge is 2.24. The maximum Gasteiger partial charge on any atom is 0.244 e. The van der Waals surface area contributed by atoms with Gasteiger partial charge < -0.3 is 9.84 Å². The van der Waals surface area contributed by atoms with Gasteiger partial charge in [-0.1, -0.05) is 24.2 Å². The first kappa shape index (κ1) is 12.8. The van der Waals surface area contributed by atoms with E-state index < -0.39 is 0 Å². The van der Waals surface area contributed by atoms with E-state index in [1.165, 1.54) is 6.42 Å². The molecule has 0 radical (unpaired) electrons. The number of hydrogen-bond donors (Lipinski definition) is 1. The Morgan fingerprint density at radius 3 is 3.05 bits per heavy atom. The molecule has 0 aliphatic carbocycles. The topological polar surface area (TPSA) is 74.7 Å². The number of nitriles is 1. The molecule has 1 aliphatic heterocycles.